The Labute approximate surface area is 214 Å². The van der Waals surface area contributed by atoms with Crippen LogP contribution in [0.15, 0.2) is 58.2 Å². The number of aliphatic hydroxyl groups is 1. The number of hydrogen-bond donors (Lipinski definition) is 1. The summed E-state index contributed by atoms with van der Waals surface area (Å²) in [5.41, 5.74) is 0.627. The lowest BCUT2D eigenvalue weighted by molar-refractivity contribution is -0.117. The highest BCUT2D eigenvalue weighted by atomic mass is 32.1. The van der Waals surface area contributed by atoms with E-state index in [1.807, 2.05) is 0 Å². The predicted octanol–water partition coefficient (Wildman–Crippen LogP) is 5.15. The molecule has 9 nitrogen and oxygen atoms in total. The molecule has 37 heavy (non-hydrogen) atoms. The fourth-order valence-corrected chi connectivity index (χ4v) is 5.30. The second kappa shape index (κ2) is 9.25. The Kier molecular flexibility index (Phi) is 6.08. The minimum atomic E-state index is -1.13. The molecule has 0 aliphatic carbocycles. The average molecular weight is 525 g/mol. The van der Waals surface area contributed by atoms with Crippen molar-refractivity contribution >= 4 is 38.4 Å². The van der Waals surface area contributed by atoms with E-state index in [9.17, 15) is 19.1 Å². The lowest BCUT2D eigenvalue weighted by atomic mass is 9.94. The van der Waals surface area contributed by atoms with Crippen LogP contribution in [0.25, 0.3) is 10.2 Å². The molecule has 11 heteroatoms. The van der Waals surface area contributed by atoms with Gasteiger partial charge in [-0.3, -0.25) is 14.5 Å². The van der Waals surface area contributed by atoms with Crippen LogP contribution in [0, 0.1) is 12.7 Å². The Morgan fingerprint density at radius 3 is 2.38 bits per heavy atom. The number of rotatable bonds is 7. The molecule has 0 radical (unpaired) electrons. The normalized spacial score (nSPS) is 15.5. The molecule has 1 atom stereocenters. The number of carbonyl (C=O) groups is 2. The Bertz CT molecular complexity index is 1560. The van der Waals surface area contributed by atoms with Crippen molar-refractivity contribution in [1.29, 1.82) is 0 Å². The number of aromatic nitrogens is 1. The number of fused-ring (bicyclic) bond motifs is 1. The molecule has 1 aliphatic rings. The highest BCUT2D eigenvalue weighted by Gasteiger charge is 2.47. The van der Waals surface area contributed by atoms with Crippen LogP contribution < -0.4 is 19.1 Å². The standard InChI is InChI=1S/C26H21FN2O7S/c1-12-5-8-16(36-12)22(30)20-21(13-9-17(33-2)24(35-4)18(10-13)34-3)29(25(32)23(20)31)26-28-15-7-6-14(27)11-19(15)37-26/h5-11,21,31H,1-4H3. The number of halogens is 1. The lowest BCUT2D eigenvalue weighted by Gasteiger charge is -2.25. The number of furan rings is 1. The number of carbonyl (C=O) groups excluding carboxylic acids is 2. The number of benzene rings is 2. The van der Waals surface area contributed by atoms with Gasteiger partial charge in [-0.2, -0.15) is 0 Å². The molecule has 2 aromatic carbocycles. The molecule has 0 fully saturated rings. The van der Waals surface area contributed by atoms with Gasteiger partial charge in [0.15, 0.2) is 28.1 Å². The maximum absolute atomic E-state index is 13.9. The molecule has 1 aliphatic heterocycles. The summed E-state index contributed by atoms with van der Waals surface area (Å²) in [7, 11) is 4.32. The van der Waals surface area contributed by atoms with Crippen LogP contribution in [0.4, 0.5) is 9.52 Å². The van der Waals surface area contributed by atoms with Crippen LogP contribution in [0.1, 0.15) is 27.9 Å². The summed E-state index contributed by atoms with van der Waals surface area (Å²) < 4.78 is 36.2. The zero-order chi connectivity index (χ0) is 26.4. The van der Waals surface area contributed by atoms with E-state index in [1.54, 1.807) is 25.1 Å². The van der Waals surface area contributed by atoms with E-state index in [1.165, 1.54) is 50.5 Å². The van der Waals surface area contributed by atoms with Crippen LogP contribution in [0.3, 0.4) is 0 Å². The van der Waals surface area contributed by atoms with Crippen molar-refractivity contribution in [2.24, 2.45) is 0 Å². The number of ketones is 1. The van der Waals surface area contributed by atoms with Gasteiger partial charge in [0.25, 0.3) is 5.91 Å². The quantitative estimate of drug-likeness (QED) is 0.331. The summed E-state index contributed by atoms with van der Waals surface area (Å²) in [4.78, 5) is 32.7. The summed E-state index contributed by atoms with van der Waals surface area (Å²) in [6.07, 6.45) is 0. The van der Waals surface area contributed by atoms with Gasteiger partial charge in [0.1, 0.15) is 11.6 Å². The predicted molar refractivity (Wildman–Crippen MR) is 133 cm³/mol. The summed E-state index contributed by atoms with van der Waals surface area (Å²) in [6.45, 7) is 1.67. The fourth-order valence-electron chi connectivity index (χ4n) is 4.29. The molecule has 1 N–H and O–H groups in total. The largest absolute Gasteiger partial charge is 0.503 e. The van der Waals surface area contributed by atoms with Gasteiger partial charge in [0, 0.05) is 0 Å². The van der Waals surface area contributed by atoms with Crippen molar-refractivity contribution in [2.45, 2.75) is 13.0 Å². The zero-order valence-electron chi connectivity index (χ0n) is 20.2. The Balaban J connectivity index is 1.74. The van der Waals surface area contributed by atoms with Gasteiger partial charge >= 0.3 is 0 Å². The van der Waals surface area contributed by atoms with Gasteiger partial charge in [0.05, 0.1) is 43.2 Å². The number of nitrogens with zero attached hydrogens (tertiary/aromatic N) is 2. The van der Waals surface area contributed by atoms with Crippen molar-refractivity contribution in [3.63, 3.8) is 0 Å². The van der Waals surface area contributed by atoms with Crippen molar-refractivity contribution < 1.29 is 37.7 Å². The fraction of sp³-hybridized carbons (Fsp3) is 0.192. The maximum atomic E-state index is 13.9. The topological polar surface area (TPSA) is 111 Å². The van der Waals surface area contributed by atoms with Crippen molar-refractivity contribution in [2.75, 3.05) is 26.2 Å². The second-order valence-electron chi connectivity index (χ2n) is 8.15. The summed E-state index contributed by atoms with van der Waals surface area (Å²) in [5.74, 6) is -1.41. The third-order valence-corrected chi connectivity index (χ3v) is 6.98. The van der Waals surface area contributed by atoms with E-state index >= 15 is 0 Å². The van der Waals surface area contributed by atoms with Crippen LogP contribution in [0.2, 0.25) is 0 Å². The first-order chi connectivity index (χ1) is 17.8. The monoisotopic (exact) mass is 524 g/mol. The number of thiazole rings is 1. The maximum Gasteiger partial charge on any atom is 0.296 e. The zero-order valence-corrected chi connectivity index (χ0v) is 21.0. The second-order valence-corrected chi connectivity index (χ2v) is 9.16. The number of anilines is 1. The van der Waals surface area contributed by atoms with Gasteiger partial charge in [-0.15, -0.1) is 0 Å². The van der Waals surface area contributed by atoms with E-state index in [0.29, 0.717) is 27.3 Å². The number of aryl methyl sites for hydroxylation is 1. The van der Waals surface area contributed by atoms with Crippen molar-refractivity contribution in [1.82, 2.24) is 4.98 Å². The summed E-state index contributed by atoms with van der Waals surface area (Å²) >= 11 is 1.05. The highest BCUT2D eigenvalue weighted by molar-refractivity contribution is 7.22. The van der Waals surface area contributed by atoms with E-state index in [2.05, 4.69) is 4.98 Å². The molecule has 2 aromatic heterocycles. The van der Waals surface area contributed by atoms with E-state index in [0.717, 1.165) is 11.3 Å². The first-order valence-electron chi connectivity index (χ1n) is 11.0. The molecule has 1 unspecified atom stereocenters. The van der Waals surface area contributed by atoms with Gasteiger partial charge in [0.2, 0.25) is 11.5 Å². The Morgan fingerprint density at radius 1 is 1.08 bits per heavy atom. The SMILES string of the molecule is COc1cc(C2C(C(=O)c3ccc(C)o3)=C(O)C(=O)N2c2nc3ccc(F)cc3s2)cc(OC)c1OC. The third-order valence-electron chi connectivity index (χ3n) is 5.96. The molecular weight excluding hydrogens is 503 g/mol. The van der Waals surface area contributed by atoms with E-state index in [-0.39, 0.29) is 28.0 Å². The number of methoxy groups -OCH3 is 3. The molecule has 3 heterocycles. The first-order valence-corrected chi connectivity index (χ1v) is 11.8. The average Bonchev–Trinajstić information content (AvgIpc) is 3.58. The van der Waals surface area contributed by atoms with Crippen LogP contribution >= 0.6 is 11.3 Å². The van der Waals surface area contributed by atoms with E-state index < -0.39 is 29.3 Å². The molecule has 0 saturated heterocycles. The van der Waals surface area contributed by atoms with Crippen molar-refractivity contribution in [3.05, 3.63) is 76.7 Å². The van der Waals surface area contributed by atoms with Gasteiger partial charge in [-0.05, 0) is 55.0 Å². The molecule has 5 rings (SSSR count). The third kappa shape index (κ3) is 3.97. The number of amides is 1. The number of Topliss-reactive ketones (excluding diaryl/α,β-unsaturated/α-hetero) is 1. The Morgan fingerprint density at radius 2 is 1.78 bits per heavy atom. The molecule has 0 saturated carbocycles. The smallest absolute Gasteiger partial charge is 0.296 e. The minimum absolute atomic E-state index is 0.0440. The molecular formula is C26H21FN2O7S. The summed E-state index contributed by atoms with van der Waals surface area (Å²) in [5, 5.41) is 11.1. The van der Waals surface area contributed by atoms with Crippen LogP contribution in [-0.4, -0.2) is 43.1 Å². The highest BCUT2D eigenvalue weighted by Crippen LogP contribution is 2.48. The number of hydrogen-bond acceptors (Lipinski definition) is 9. The lowest BCUT2D eigenvalue weighted by Crippen LogP contribution is -2.31. The summed E-state index contributed by atoms with van der Waals surface area (Å²) in [6, 6.07) is 9.16. The van der Waals surface area contributed by atoms with Crippen LogP contribution in [0.5, 0.6) is 17.2 Å². The molecule has 190 valence electrons. The number of ether oxygens (including phenoxy) is 3. The van der Waals surface area contributed by atoms with Gasteiger partial charge in [-0.25, -0.2) is 9.37 Å². The van der Waals surface area contributed by atoms with E-state index in [4.69, 9.17) is 18.6 Å². The van der Waals surface area contributed by atoms with Gasteiger partial charge in [-0.1, -0.05) is 11.3 Å². The van der Waals surface area contributed by atoms with Gasteiger partial charge < -0.3 is 23.7 Å². The molecule has 1 amide bonds. The van der Waals surface area contributed by atoms with Crippen LogP contribution in [-0.2, 0) is 4.79 Å². The molecule has 0 spiro atoms. The number of aliphatic hydroxyl groups excluding tert-OH is 1. The molecule has 0 bridgehead atoms. The first kappa shape index (κ1) is 24.3. The van der Waals surface area contributed by atoms with Crippen molar-refractivity contribution in [3.8, 4) is 17.2 Å². The molecule has 4 aromatic rings. The Hall–Kier alpha value is -4.38. The minimum Gasteiger partial charge on any atom is -0.503 e.